The van der Waals surface area contributed by atoms with Crippen LogP contribution in [-0.4, -0.2) is 75.2 Å². The molecule has 0 aliphatic carbocycles. The van der Waals surface area contributed by atoms with Crippen LogP contribution < -0.4 is 5.56 Å². The molecule has 0 amide bonds. The Morgan fingerprint density at radius 1 is 1.31 bits per heavy atom. The predicted molar refractivity (Wildman–Crippen MR) is 168 cm³/mol. The summed E-state index contributed by atoms with van der Waals surface area (Å²) < 4.78 is 38.9. The van der Waals surface area contributed by atoms with Crippen LogP contribution in [0.1, 0.15) is 83.2 Å². The first kappa shape index (κ1) is 32.9. The largest absolute Gasteiger partial charge is 0.407 e. The van der Waals surface area contributed by atoms with Gasteiger partial charge < -0.3 is 18.2 Å². The number of ether oxygens (including phenoxy) is 1. The van der Waals surface area contributed by atoms with Gasteiger partial charge in [0.1, 0.15) is 12.2 Å². The van der Waals surface area contributed by atoms with Crippen molar-refractivity contribution < 1.29 is 19.6 Å². The van der Waals surface area contributed by atoms with Crippen molar-refractivity contribution >= 4 is 39.7 Å². The van der Waals surface area contributed by atoms with Crippen molar-refractivity contribution in [2.75, 3.05) is 6.61 Å². The van der Waals surface area contributed by atoms with Crippen molar-refractivity contribution in [2.45, 2.75) is 130 Å². The van der Waals surface area contributed by atoms with E-state index in [0.717, 1.165) is 5.71 Å². The van der Waals surface area contributed by atoms with Gasteiger partial charge in [0.2, 0.25) is 5.95 Å². The zero-order chi connectivity index (χ0) is 32.3. The first-order valence-electron chi connectivity index (χ1n) is 15.1. The molecule has 1 aliphatic heterocycles. The van der Waals surface area contributed by atoms with E-state index < -0.39 is 46.9 Å². The fourth-order valence-electron chi connectivity index (χ4n) is 4.47. The van der Waals surface area contributed by atoms with Crippen LogP contribution in [0.5, 0.6) is 0 Å². The SMILES string of the molecule is [2H]C[C@H]1O[C@@H](n2cnc3c(=O)[nH]c(N=C(C)C)nc32)C(O[Si](C)(C)C(C)(C)C)[C@H]1OP(OCCC#N)N(C(C)C)C(C)C. The molecular formula is C28H48N7O5PSi. The summed E-state index contributed by atoms with van der Waals surface area (Å²) in [4.78, 5) is 28.9. The van der Waals surface area contributed by atoms with E-state index in [1.807, 2.05) is 13.8 Å². The molecule has 1 N–H and O–H groups in total. The summed E-state index contributed by atoms with van der Waals surface area (Å²) >= 11 is 0. The Bertz CT molecular complexity index is 1360. The molecule has 12 nitrogen and oxygen atoms in total. The zero-order valence-electron chi connectivity index (χ0n) is 27.8. The van der Waals surface area contributed by atoms with Crippen molar-refractivity contribution in [3.63, 3.8) is 0 Å². The lowest BCUT2D eigenvalue weighted by Crippen LogP contribution is -2.49. The Morgan fingerprint density at radius 3 is 2.52 bits per heavy atom. The number of fused-ring (bicyclic) bond motifs is 1. The second kappa shape index (κ2) is 13.7. The second-order valence-corrected chi connectivity index (χ2v) is 19.0. The van der Waals surface area contributed by atoms with Crippen LogP contribution in [-0.2, 0) is 18.2 Å². The zero-order valence-corrected chi connectivity index (χ0v) is 28.7. The van der Waals surface area contributed by atoms with Crippen molar-refractivity contribution in [3.05, 3.63) is 16.7 Å². The van der Waals surface area contributed by atoms with Gasteiger partial charge >= 0.3 is 0 Å². The van der Waals surface area contributed by atoms with E-state index in [-0.39, 0.29) is 48.5 Å². The summed E-state index contributed by atoms with van der Waals surface area (Å²) in [5.41, 5.74) is 0.784. The number of aliphatic imine (C=N–C) groups is 1. The highest BCUT2D eigenvalue weighted by atomic mass is 31.2. The van der Waals surface area contributed by atoms with E-state index in [4.69, 9.17) is 19.6 Å². The van der Waals surface area contributed by atoms with Crippen LogP contribution in [0.2, 0.25) is 18.1 Å². The Balaban J connectivity index is 2.17. The average molecular weight is 623 g/mol. The minimum atomic E-state index is -2.43. The molecule has 14 heteroatoms. The number of H-pyrrole nitrogens is 1. The minimum absolute atomic E-state index is 0.0888. The van der Waals surface area contributed by atoms with Gasteiger partial charge in [-0.05, 0) is 66.6 Å². The summed E-state index contributed by atoms with van der Waals surface area (Å²) in [6.07, 6.45) is -1.04. The lowest BCUT2D eigenvalue weighted by molar-refractivity contribution is -0.0260. The monoisotopic (exact) mass is 622 g/mol. The molecule has 0 bridgehead atoms. The molecule has 0 aromatic carbocycles. The van der Waals surface area contributed by atoms with E-state index in [2.05, 4.69) is 92.2 Å². The summed E-state index contributed by atoms with van der Waals surface area (Å²) in [7, 11) is -4.07. The quantitative estimate of drug-likeness (QED) is 0.127. The molecule has 3 heterocycles. The number of hydrogen-bond acceptors (Lipinski definition) is 10. The van der Waals surface area contributed by atoms with E-state index in [9.17, 15) is 10.1 Å². The summed E-state index contributed by atoms with van der Waals surface area (Å²) in [5, 5.41) is 9.04. The van der Waals surface area contributed by atoms with Gasteiger partial charge in [0.15, 0.2) is 25.7 Å². The molecule has 2 aromatic heterocycles. The van der Waals surface area contributed by atoms with E-state index in [0.29, 0.717) is 5.65 Å². The smallest absolute Gasteiger partial charge is 0.280 e. The summed E-state index contributed by atoms with van der Waals surface area (Å²) in [6.45, 7) is 22.8. The fraction of sp³-hybridized carbons (Fsp3) is 0.750. The van der Waals surface area contributed by atoms with Crippen LogP contribution in [0.4, 0.5) is 5.95 Å². The van der Waals surface area contributed by atoms with Crippen molar-refractivity contribution in [2.24, 2.45) is 4.99 Å². The number of rotatable bonds is 12. The van der Waals surface area contributed by atoms with E-state index >= 15 is 0 Å². The average Bonchev–Trinajstić information content (AvgIpc) is 3.43. The number of nitriles is 1. The third-order valence-electron chi connectivity index (χ3n) is 7.42. The number of aromatic nitrogens is 4. The Labute approximate surface area is 253 Å². The lowest BCUT2D eigenvalue weighted by Gasteiger charge is -2.42. The fourth-order valence-corrected chi connectivity index (χ4v) is 7.52. The maximum Gasteiger partial charge on any atom is 0.280 e. The Morgan fingerprint density at radius 2 is 1.98 bits per heavy atom. The van der Waals surface area contributed by atoms with Gasteiger partial charge in [-0.1, -0.05) is 20.8 Å². The Kier molecular flexibility index (Phi) is 10.7. The third-order valence-corrected chi connectivity index (χ3v) is 14.0. The molecular weight excluding hydrogens is 573 g/mol. The first-order valence-corrected chi connectivity index (χ1v) is 18.4. The number of hydrogen-bond donors (Lipinski definition) is 1. The number of imidazole rings is 1. The van der Waals surface area contributed by atoms with Crippen LogP contribution in [0, 0.1) is 11.3 Å². The van der Waals surface area contributed by atoms with E-state index in [1.54, 1.807) is 4.57 Å². The van der Waals surface area contributed by atoms with Gasteiger partial charge in [0.25, 0.3) is 14.1 Å². The predicted octanol–water partition coefficient (Wildman–Crippen LogP) is 6.20. The van der Waals surface area contributed by atoms with Gasteiger partial charge in [0, 0.05) is 19.2 Å². The summed E-state index contributed by atoms with van der Waals surface area (Å²) in [6, 6.07) is 2.32. The minimum Gasteiger partial charge on any atom is -0.407 e. The third kappa shape index (κ3) is 7.72. The van der Waals surface area contributed by atoms with Crippen molar-refractivity contribution in [3.8, 4) is 6.07 Å². The molecule has 1 saturated heterocycles. The molecule has 5 atom stereocenters. The highest BCUT2D eigenvalue weighted by Crippen LogP contribution is 2.51. The van der Waals surface area contributed by atoms with Gasteiger partial charge in [-0.25, -0.2) is 14.6 Å². The van der Waals surface area contributed by atoms with Crippen LogP contribution in [0.3, 0.4) is 0 Å². The maximum atomic E-state index is 12.9. The first-order chi connectivity index (χ1) is 20.0. The summed E-state index contributed by atoms with van der Waals surface area (Å²) in [5.74, 6) is 0.169. The highest BCUT2D eigenvalue weighted by molar-refractivity contribution is 7.44. The normalized spacial score (nSPS) is 22.6. The van der Waals surface area contributed by atoms with Crippen LogP contribution in [0.15, 0.2) is 16.1 Å². The number of nitrogens with one attached hydrogen (secondary N) is 1. The van der Waals surface area contributed by atoms with E-state index in [1.165, 1.54) is 6.33 Å². The highest BCUT2D eigenvalue weighted by Gasteiger charge is 2.52. The van der Waals surface area contributed by atoms with Gasteiger partial charge in [-0.15, -0.1) is 0 Å². The lowest BCUT2D eigenvalue weighted by atomic mass is 10.1. The number of nitrogens with zero attached hydrogens (tertiary/aromatic N) is 6. The molecule has 234 valence electrons. The van der Waals surface area contributed by atoms with Crippen molar-refractivity contribution in [1.82, 2.24) is 24.2 Å². The molecule has 42 heavy (non-hydrogen) atoms. The number of aromatic amines is 1. The molecule has 2 unspecified atom stereocenters. The molecule has 0 spiro atoms. The molecule has 3 rings (SSSR count). The van der Waals surface area contributed by atoms with Crippen molar-refractivity contribution in [1.29, 1.82) is 5.26 Å². The van der Waals surface area contributed by atoms with Crippen LogP contribution >= 0.6 is 8.53 Å². The Hall–Kier alpha value is -2.04. The molecule has 1 fully saturated rings. The van der Waals surface area contributed by atoms with Gasteiger partial charge in [0.05, 0.1) is 31.5 Å². The molecule has 1 aliphatic rings. The molecule has 0 saturated carbocycles. The van der Waals surface area contributed by atoms with Gasteiger partial charge in [-0.3, -0.25) is 14.3 Å². The molecule has 0 radical (unpaired) electrons. The van der Waals surface area contributed by atoms with Crippen LogP contribution in [0.25, 0.3) is 11.2 Å². The second-order valence-electron chi connectivity index (χ2n) is 12.8. The standard InChI is InChI=1S/C28H48N7O5PSi/c1-17(2)31-27-32-24-21(25(36)33-27)30-16-34(24)26-23(40-42(11,12)28(8,9)10)22(20(7)38-26)39-41(37-15-13-14-29)35(18(3)4)19(5)6/h16,18-20,22-23,26H,13,15H2,1-12H3,(H,32,33,36)/t20-,22+,23?,26-,41?/m1/s1/i7D. The van der Waals surface area contributed by atoms with Gasteiger partial charge in [-0.2, -0.15) is 10.2 Å². The topological polar surface area (TPSA) is 140 Å². The maximum absolute atomic E-state index is 12.9. The molecule has 2 aromatic rings.